The monoisotopic (exact) mass is 1330 g/mol. The molecule has 104 heavy (non-hydrogen) atoms. The summed E-state index contributed by atoms with van der Waals surface area (Å²) in [5, 5.41) is 7.44. The number of para-hydroxylation sites is 2. The third-order valence-electron chi connectivity index (χ3n) is 22.1. The van der Waals surface area contributed by atoms with E-state index in [1.807, 2.05) is 0 Å². The van der Waals surface area contributed by atoms with Gasteiger partial charge in [-0.3, -0.25) is 0 Å². The van der Waals surface area contributed by atoms with E-state index < -0.39 is 0 Å². The van der Waals surface area contributed by atoms with E-state index in [4.69, 9.17) is 0 Å². The fourth-order valence-electron chi connectivity index (χ4n) is 17.1. The van der Waals surface area contributed by atoms with Crippen molar-refractivity contribution in [1.29, 1.82) is 0 Å². The minimum Gasteiger partial charge on any atom is -0.310 e. The molecule has 0 amide bonds. The SMILES string of the molecule is CC(C)(C)c1ccc2c(c1)c1cc(C(C)(C)C)ccc1n2-c1ccc2c(c1)N(c1c(-c3ccccc3)cccc1-c1ccccc1)c1cccc3c1B2c1ccc(-c2ccc4c(-c5ccccc5)c5ccccc5c(-c5ccccc5)c4c2)cc1N3c1c(-c2ccccc2)cccc1-c1ccccc1. The van der Waals surface area contributed by atoms with Gasteiger partial charge in [0, 0.05) is 61.5 Å². The Hall–Kier alpha value is -12.5. The average molecular weight is 1330 g/mol. The zero-order valence-corrected chi connectivity index (χ0v) is 59.4. The topological polar surface area (TPSA) is 11.4 Å². The molecule has 0 radical (unpaired) electrons. The zero-order valence-electron chi connectivity index (χ0n) is 59.4. The number of anilines is 6. The largest absolute Gasteiger partial charge is 0.310 e. The van der Waals surface area contributed by atoms with Crippen molar-refractivity contribution < 1.29 is 0 Å². The lowest BCUT2D eigenvalue weighted by molar-refractivity contribution is 0.590. The molecular formula is C100H76BN3. The number of rotatable bonds is 10. The fraction of sp³-hybridized carbons (Fsp3) is 0.0800. The highest BCUT2D eigenvalue weighted by Crippen LogP contribution is 2.54. The summed E-state index contributed by atoms with van der Waals surface area (Å²) in [6, 6.07) is 133. The highest BCUT2D eigenvalue weighted by atomic mass is 15.2. The first-order valence-corrected chi connectivity index (χ1v) is 36.6. The van der Waals surface area contributed by atoms with Crippen LogP contribution in [-0.4, -0.2) is 11.3 Å². The van der Waals surface area contributed by atoms with Gasteiger partial charge in [-0.25, -0.2) is 0 Å². The van der Waals surface area contributed by atoms with Crippen LogP contribution in [0.25, 0.3) is 127 Å². The Kier molecular flexibility index (Phi) is 14.8. The van der Waals surface area contributed by atoms with Crippen molar-refractivity contribution in [3.63, 3.8) is 0 Å². The molecule has 0 saturated carbocycles. The quantitative estimate of drug-likeness (QED) is 0.0999. The lowest BCUT2D eigenvalue weighted by Gasteiger charge is -2.45. The van der Waals surface area contributed by atoms with E-state index in [0.29, 0.717) is 0 Å². The van der Waals surface area contributed by atoms with E-state index >= 15 is 0 Å². The van der Waals surface area contributed by atoms with Gasteiger partial charge in [-0.15, -0.1) is 0 Å². The van der Waals surface area contributed by atoms with Crippen molar-refractivity contribution in [3.8, 4) is 83.6 Å². The Labute approximate surface area is 610 Å². The first-order chi connectivity index (χ1) is 50.9. The second-order valence-corrected chi connectivity index (χ2v) is 30.3. The van der Waals surface area contributed by atoms with Crippen LogP contribution in [0, 0.1) is 0 Å². The van der Waals surface area contributed by atoms with E-state index in [9.17, 15) is 0 Å². The summed E-state index contributed by atoms with van der Waals surface area (Å²) in [6.07, 6.45) is 0. The first-order valence-electron chi connectivity index (χ1n) is 36.6. The van der Waals surface area contributed by atoms with Gasteiger partial charge in [0.25, 0.3) is 6.71 Å². The maximum atomic E-state index is 2.66. The van der Waals surface area contributed by atoms with Crippen molar-refractivity contribution in [2.24, 2.45) is 0 Å². The van der Waals surface area contributed by atoms with Gasteiger partial charge in [-0.2, -0.15) is 0 Å². The second kappa shape index (κ2) is 24.6. The number of hydrogen-bond acceptors (Lipinski definition) is 2. The summed E-state index contributed by atoms with van der Waals surface area (Å²) < 4.78 is 2.54. The van der Waals surface area contributed by atoms with Gasteiger partial charge in [-0.05, 0) is 176 Å². The molecule has 2 aliphatic heterocycles. The number of benzene rings is 16. The van der Waals surface area contributed by atoms with Crippen LogP contribution >= 0.6 is 0 Å². The summed E-state index contributed by atoms with van der Waals surface area (Å²) in [5.41, 5.74) is 32.8. The standard InChI is InChI=1S/C100H76BN3/c1-99(2,3)73-52-58-88-83(62-73)84-63-74(100(4,5)6)53-59-89(84)102(88)75-54-57-87-93(64-75)104(98-78(67-34-17-9-18-35-67)46-28-47-79(98)68-36-19-10-20-37-68)91-49-29-48-90-96(91)101(87)86-56-51-72(61-92(86)103(90)97-76(65-30-13-7-14-31-65)44-27-45-77(97)66-32-15-8-16-33-66)71-50-55-82-85(60-71)95(70-40-23-12-24-41-70)81-43-26-25-42-80(81)94(82)69-38-21-11-22-39-69/h7-64H,1-6H3. The predicted molar refractivity (Wildman–Crippen MR) is 445 cm³/mol. The molecule has 16 aromatic carbocycles. The smallest absolute Gasteiger partial charge is 0.252 e. The van der Waals surface area contributed by atoms with Crippen LogP contribution in [0.1, 0.15) is 52.7 Å². The molecule has 0 bridgehead atoms. The van der Waals surface area contributed by atoms with Gasteiger partial charge in [0.05, 0.1) is 22.4 Å². The Bertz CT molecular complexity index is 6040. The zero-order chi connectivity index (χ0) is 70.0. The lowest BCUT2D eigenvalue weighted by atomic mass is 9.33. The van der Waals surface area contributed by atoms with E-state index in [1.54, 1.807) is 0 Å². The van der Waals surface area contributed by atoms with Crippen molar-refractivity contribution in [1.82, 2.24) is 4.57 Å². The summed E-state index contributed by atoms with van der Waals surface area (Å²) in [4.78, 5) is 5.32. The minimum absolute atomic E-state index is 0.0475. The van der Waals surface area contributed by atoms with E-state index in [0.717, 1.165) is 95.4 Å². The normalized spacial score (nSPS) is 12.7. The van der Waals surface area contributed by atoms with Gasteiger partial charge in [-0.1, -0.05) is 333 Å². The molecule has 0 unspecified atom stereocenters. The number of aromatic nitrogens is 1. The van der Waals surface area contributed by atoms with Crippen LogP contribution in [-0.2, 0) is 10.8 Å². The molecule has 0 aliphatic carbocycles. The second-order valence-electron chi connectivity index (χ2n) is 30.3. The van der Waals surface area contributed by atoms with E-state index in [2.05, 4.69) is 408 Å². The van der Waals surface area contributed by atoms with Gasteiger partial charge in [0.15, 0.2) is 0 Å². The molecule has 17 aromatic rings. The van der Waals surface area contributed by atoms with Gasteiger partial charge < -0.3 is 14.4 Å². The van der Waals surface area contributed by atoms with Crippen molar-refractivity contribution in [2.45, 2.75) is 52.4 Å². The third kappa shape index (κ3) is 10.3. The molecule has 3 heterocycles. The van der Waals surface area contributed by atoms with Crippen molar-refractivity contribution in [2.75, 3.05) is 9.80 Å². The molecule has 19 rings (SSSR count). The summed E-state index contributed by atoms with van der Waals surface area (Å²) >= 11 is 0. The van der Waals surface area contributed by atoms with Crippen LogP contribution in [0.4, 0.5) is 34.1 Å². The molecule has 4 heteroatoms. The molecule has 0 atom stereocenters. The maximum absolute atomic E-state index is 2.66. The summed E-state index contributed by atoms with van der Waals surface area (Å²) in [7, 11) is 0. The molecule has 2 aliphatic rings. The van der Waals surface area contributed by atoms with Gasteiger partial charge in [0.2, 0.25) is 0 Å². The summed E-state index contributed by atoms with van der Waals surface area (Å²) in [6.45, 7) is 13.8. The fourth-order valence-corrected chi connectivity index (χ4v) is 17.1. The Morgan fingerprint density at radius 2 is 0.596 bits per heavy atom. The predicted octanol–water partition coefficient (Wildman–Crippen LogP) is 25.4. The number of fused-ring (bicyclic) bond motifs is 9. The lowest BCUT2D eigenvalue weighted by Crippen LogP contribution is -2.61. The summed E-state index contributed by atoms with van der Waals surface area (Å²) in [5.74, 6) is 0. The minimum atomic E-state index is -0.210. The Morgan fingerprint density at radius 1 is 0.240 bits per heavy atom. The van der Waals surface area contributed by atoms with Gasteiger partial charge >= 0.3 is 0 Å². The first kappa shape index (κ1) is 62.5. The Morgan fingerprint density at radius 3 is 1.03 bits per heavy atom. The van der Waals surface area contributed by atoms with Crippen LogP contribution in [0.15, 0.2) is 352 Å². The highest BCUT2D eigenvalue weighted by molar-refractivity contribution is 7.00. The molecular weight excluding hydrogens is 1250 g/mol. The van der Waals surface area contributed by atoms with Crippen molar-refractivity contribution in [3.05, 3.63) is 363 Å². The molecule has 0 spiro atoms. The molecule has 494 valence electrons. The maximum Gasteiger partial charge on any atom is 0.252 e. The third-order valence-corrected chi connectivity index (χ3v) is 22.1. The van der Waals surface area contributed by atoms with E-state index in [1.165, 1.54) is 93.1 Å². The van der Waals surface area contributed by atoms with Gasteiger partial charge in [0.1, 0.15) is 0 Å². The van der Waals surface area contributed by atoms with Crippen LogP contribution < -0.4 is 26.2 Å². The number of hydrogen-bond donors (Lipinski definition) is 0. The van der Waals surface area contributed by atoms with E-state index in [-0.39, 0.29) is 17.5 Å². The molecule has 0 fully saturated rings. The molecule has 0 N–H and O–H groups in total. The van der Waals surface area contributed by atoms with Crippen LogP contribution in [0.2, 0.25) is 0 Å². The van der Waals surface area contributed by atoms with Crippen molar-refractivity contribution >= 4 is 101 Å². The molecule has 0 saturated heterocycles. The van der Waals surface area contributed by atoms with Crippen LogP contribution in [0.5, 0.6) is 0 Å². The van der Waals surface area contributed by atoms with Crippen LogP contribution in [0.3, 0.4) is 0 Å². The molecule has 1 aromatic heterocycles. The Balaban J connectivity index is 0.926. The average Bonchev–Trinajstić information content (AvgIpc) is 0.713. The number of nitrogens with zero attached hydrogens (tertiary/aromatic N) is 3. The molecule has 3 nitrogen and oxygen atoms in total. The highest BCUT2D eigenvalue weighted by Gasteiger charge is 2.45.